The van der Waals surface area contributed by atoms with Crippen molar-refractivity contribution in [2.45, 2.75) is 309 Å². The van der Waals surface area contributed by atoms with Crippen LogP contribution in [0.1, 0.15) is 303 Å². The van der Waals surface area contributed by atoms with Crippen LogP contribution in [0.5, 0.6) is 0 Å². The molecule has 0 spiro atoms. The van der Waals surface area contributed by atoms with Crippen LogP contribution >= 0.6 is 0 Å². The molecule has 1 atom stereocenters. The number of hydrogen-bond acceptors (Lipinski definition) is 4. The van der Waals surface area contributed by atoms with Gasteiger partial charge in [-0.05, 0) is 12.8 Å². The first-order valence-corrected chi connectivity index (χ1v) is 26.1. The van der Waals surface area contributed by atoms with E-state index in [-0.39, 0.29) is 12.6 Å². The molecule has 0 aromatic rings. The molecule has 0 aliphatic rings. The molecule has 0 aliphatic heterocycles. The lowest BCUT2D eigenvalue weighted by molar-refractivity contribution is -0.154. The maximum absolute atomic E-state index is 12.3. The maximum Gasteiger partial charge on any atom is 0.306 e. The second-order valence-corrected chi connectivity index (χ2v) is 18.0. The zero-order valence-corrected chi connectivity index (χ0v) is 38.7. The van der Waals surface area contributed by atoms with Gasteiger partial charge in [-0.2, -0.15) is 0 Å². The number of esters is 1. The number of hydrogen-bond donors (Lipinski definition) is 1. The third-order valence-electron chi connectivity index (χ3n) is 12.2. The molecule has 0 fully saturated rings. The summed E-state index contributed by atoms with van der Waals surface area (Å²) >= 11 is 0. The van der Waals surface area contributed by atoms with Gasteiger partial charge < -0.3 is 14.6 Å². The quantitative estimate of drug-likeness (QED) is 0.0492. The summed E-state index contributed by atoms with van der Waals surface area (Å²) in [5.74, 6) is -0.190. The largest absolute Gasteiger partial charge is 0.457 e. The molecule has 0 amide bonds. The van der Waals surface area contributed by atoms with Crippen LogP contribution in [0.25, 0.3) is 0 Å². The Labute approximate surface area is 353 Å². The van der Waals surface area contributed by atoms with E-state index >= 15 is 0 Å². The maximum atomic E-state index is 12.3. The van der Waals surface area contributed by atoms with Gasteiger partial charge in [-0.15, -0.1) is 0 Å². The molecule has 0 rings (SSSR count). The fourth-order valence-corrected chi connectivity index (χ4v) is 8.27. The predicted octanol–water partition coefficient (Wildman–Crippen LogP) is 17.5. The van der Waals surface area contributed by atoms with Crippen molar-refractivity contribution in [1.82, 2.24) is 0 Å². The first kappa shape index (κ1) is 55.4. The molecule has 0 aromatic heterocycles. The topological polar surface area (TPSA) is 55.8 Å². The lowest BCUT2D eigenvalue weighted by atomic mass is 10.0. The van der Waals surface area contributed by atoms with Crippen LogP contribution in [0.15, 0.2) is 0 Å². The fraction of sp³-hybridized carbons (Fsp3) is 0.981. The molecule has 1 N–H and O–H groups in total. The molecule has 0 saturated carbocycles. The van der Waals surface area contributed by atoms with Crippen molar-refractivity contribution >= 4 is 5.97 Å². The zero-order valence-electron chi connectivity index (χ0n) is 38.7. The van der Waals surface area contributed by atoms with Gasteiger partial charge in [-0.3, -0.25) is 4.79 Å². The monoisotopic (exact) mass is 793 g/mol. The molecule has 336 valence electrons. The Kier molecular flexibility index (Phi) is 50.0. The summed E-state index contributed by atoms with van der Waals surface area (Å²) in [6.07, 6.45) is 60.6. The van der Waals surface area contributed by atoms with Crippen molar-refractivity contribution < 1.29 is 19.4 Å². The number of rotatable bonds is 50. The van der Waals surface area contributed by atoms with Crippen LogP contribution in [0.4, 0.5) is 0 Å². The van der Waals surface area contributed by atoms with Gasteiger partial charge in [0.2, 0.25) is 0 Å². The van der Waals surface area contributed by atoms with Gasteiger partial charge >= 0.3 is 5.97 Å². The van der Waals surface area contributed by atoms with Crippen molar-refractivity contribution in [3.63, 3.8) is 0 Å². The summed E-state index contributed by atoms with van der Waals surface area (Å²) in [5.41, 5.74) is 0. The SMILES string of the molecule is CCCCCCCCCCCCCCCCCCCCCCCCCOCC(CO)OC(=O)CCCCCCCCCCCCCCCCCCCCCCC. The van der Waals surface area contributed by atoms with Gasteiger partial charge in [0.25, 0.3) is 0 Å². The van der Waals surface area contributed by atoms with Gasteiger partial charge in [0.1, 0.15) is 6.10 Å². The van der Waals surface area contributed by atoms with E-state index in [1.54, 1.807) is 0 Å². The van der Waals surface area contributed by atoms with Crippen LogP contribution in [0.3, 0.4) is 0 Å². The Hall–Kier alpha value is -0.610. The second-order valence-electron chi connectivity index (χ2n) is 18.0. The molecular formula is C52H104O4. The summed E-state index contributed by atoms with van der Waals surface area (Å²) in [7, 11) is 0. The normalized spacial score (nSPS) is 12.1. The van der Waals surface area contributed by atoms with Gasteiger partial charge in [0, 0.05) is 13.0 Å². The summed E-state index contributed by atoms with van der Waals surface area (Å²) < 4.78 is 11.2. The van der Waals surface area contributed by atoms with Crippen LogP contribution in [0.2, 0.25) is 0 Å². The second kappa shape index (κ2) is 50.5. The Morgan fingerprint density at radius 1 is 0.357 bits per heavy atom. The molecule has 1 unspecified atom stereocenters. The highest BCUT2D eigenvalue weighted by atomic mass is 16.6. The third kappa shape index (κ3) is 47.8. The van der Waals surface area contributed by atoms with Crippen LogP contribution in [0, 0.1) is 0 Å². The molecule has 0 aromatic carbocycles. The molecule has 4 nitrogen and oxygen atoms in total. The van der Waals surface area contributed by atoms with Crippen LogP contribution < -0.4 is 0 Å². The van der Waals surface area contributed by atoms with Gasteiger partial charge in [0.15, 0.2) is 0 Å². The van der Waals surface area contributed by atoms with Gasteiger partial charge in [0.05, 0.1) is 13.2 Å². The number of carbonyl (C=O) groups excluding carboxylic acids is 1. The van der Waals surface area contributed by atoms with E-state index in [4.69, 9.17) is 9.47 Å². The predicted molar refractivity (Wildman–Crippen MR) is 247 cm³/mol. The number of aliphatic hydroxyl groups is 1. The first-order valence-electron chi connectivity index (χ1n) is 26.1. The van der Waals surface area contributed by atoms with E-state index in [2.05, 4.69) is 13.8 Å². The summed E-state index contributed by atoms with van der Waals surface area (Å²) in [6, 6.07) is 0. The summed E-state index contributed by atoms with van der Waals surface area (Å²) in [5, 5.41) is 9.65. The molecule has 4 heteroatoms. The van der Waals surface area contributed by atoms with E-state index < -0.39 is 6.10 Å². The summed E-state index contributed by atoms with van der Waals surface area (Å²) in [6.45, 7) is 5.42. The Morgan fingerprint density at radius 3 is 0.839 bits per heavy atom. The average molecular weight is 793 g/mol. The highest BCUT2D eigenvalue weighted by molar-refractivity contribution is 5.69. The van der Waals surface area contributed by atoms with Crippen molar-refractivity contribution in [2.75, 3.05) is 19.8 Å². The van der Waals surface area contributed by atoms with Crippen molar-refractivity contribution in [1.29, 1.82) is 0 Å². The van der Waals surface area contributed by atoms with Gasteiger partial charge in [-0.25, -0.2) is 0 Å². The van der Waals surface area contributed by atoms with Crippen molar-refractivity contribution in [3.05, 3.63) is 0 Å². The van der Waals surface area contributed by atoms with E-state index in [1.165, 1.54) is 263 Å². The number of unbranched alkanes of at least 4 members (excludes halogenated alkanes) is 42. The standard InChI is InChI=1S/C52H104O4/c1-3-5-7-9-11-13-15-17-19-21-23-25-26-28-30-32-34-36-38-40-42-44-46-48-55-50-51(49-53)56-52(54)47-45-43-41-39-37-35-33-31-29-27-24-22-20-18-16-14-12-10-8-6-4-2/h51,53H,3-50H2,1-2H3. The number of ether oxygens (including phenoxy) is 2. The molecular weight excluding hydrogens is 689 g/mol. The molecule has 0 aliphatic carbocycles. The fourth-order valence-electron chi connectivity index (χ4n) is 8.27. The van der Waals surface area contributed by atoms with E-state index in [1.807, 2.05) is 0 Å². The van der Waals surface area contributed by atoms with E-state index in [0.717, 1.165) is 19.3 Å². The number of aliphatic hydroxyl groups excluding tert-OH is 1. The minimum atomic E-state index is -0.526. The molecule has 56 heavy (non-hydrogen) atoms. The highest BCUT2D eigenvalue weighted by Gasteiger charge is 2.13. The zero-order chi connectivity index (χ0) is 40.5. The van der Waals surface area contributed by atoms with E-state index in [0.29, 0.717) is 19.6 Å². The Morgan fingerprint density at radius 2 is 0.589 bits per heavy atom. The molecule has 0 heterocycles. The van der Waals surface area contributed by atoms with Crippen LogP contribution in [-0.4, -0.2) is 37.0 Å². The minimum absolute atomic E-state index is 0.162. The van der Waals surface area contributed by atoms with E-state index in [9.17, 15) is 9.90 Å². The van der Waals surface area contributed by atoms with Crippen LogP contribution in [-0.2, 0) is 14.3 Å². The molecule has 0 saturated heterocycles. The Balaban J connectivity index is 3.32. The average Bonchev–Trinajstić information content (AvgIpc) is 3.20. The molecule has 0 bridgehead atoms. The lowest BCUT2D eigenvalue weighted by Crippen LogP contribution is -2.27. The lowest BCUT2D eigenvalue weighted by Gasteiger charge is -2.16. The third-order valence-corrected chi connectivity index (χ3v) is 12.2. The molecule has 0 radical (unpaired) electrons. The van der Waals surface area contributed by atoms with Crippen molar-refractivity contribution in [3.8, 4) is 0 Å². The summed E-state index contributed by atoms with van der Waals surface area (Å²) in [4.78, 5) is 12.3. The highest BCUT2D eigenvalue weighted by Crippen LogP contribution is 2.17. The Bertz CT molecular complexity index is 711. The first-order chi connectivity index (χ1) is 27.7. The number of carbonyl (C=O) groups is 1. The van der Waals surface area contributed by atoms with Gasteiger partial charge in [-0.1, -0.05) is 284 Å². The minimum Gasteiger partial charge on any atom is -0.457 e. The smallest absolute Gasteiger partial charge is 0.306 e. The van der Waals surface area contributed by atoms with Crippen molar-refractivity contribution in [2.24, 2.45) is 0 Å².